The van der Waals surface area contributed by atoms with Gasteiger partial charge in [-0.25, -0.2) is 4.39 Å². The number of halogens is 1. The van der Waals surface area contributed by atoms with Gasteiger partial charge in [-0.15, -0.1) is 0 Å². The Labute approximate surface area is 122 Å². The van der Waals surface area contributed by atoms with Crippen LogP contribution in [0.25, 0.3) is 12.2 Å². The van der Waals surface area contributed by atoms with Crippen molar-refractivity contribution in [2.24, 2.45) is 0 Å². The van der Waals surface area contributed by atoms with E-state index in [0.29, 0.717) is 23.0 Å². The van der Waals surface area contributed by atoms with E-state index in [-0.39, 0.29) is 5.78 Å². The van der Waals surface area contributed by atoms with Crippen molar-refractivity contribution in [3.63, 3.8) is 0 Å². The number of hydrogen-bond donors (Lipinski definition) is 0. The Morgan fingerprint density at radius 2 is 1.71 bits per heavy atom. The van der Waals surface area contributed by atoms with E-state index in [9.17, 15) is 14.0 Å². The van der Waals surface area contributed by atoms with Crippen LogP contribution in [0.2, 0.25) is 0 Å². The number of aldehydes is 1. The smallest absolute Gasteiger partial charge is 0.185 e. The number of benzene rings is 2. The van der Waals surface area contributed by atoms with Gasteiger partial charge in [-0.3, -0.25) is 9.59 Å². The van der Waals surface area contributed by atoms with Crippen molar-refractivity contribution >= 4 is 24.2 Å². The van der Waals surface area contributed by atoms with E-state index in [1.54, 1.807) is 42.5 Å². The summed E-state index contributed by atoms with van der Waals surface area (Å²) in [5.74, 6) is -0.560. The molecule has 0 radical (unpaired) electrons. The van der Waals surface area contributed by atoms with Gasteiger partial charge in [-0.05, 0) is 35.4 Å². The van der Waals surface area contributed by atoms with E-state index in [2.05, 4.69) is 0 Å². The molecule has 0 aliphatic carbocycles. The highest BCUT2D eigenvalue weighted by Crippen LogP contribution is 2.15. The average Bonchev–Trinajstić information content (AvgIpc) is 2.52. The summed E-state index contributed by atoms with van der Waals surface area (Å²) < 4.78 is 13.3. The first-order valence-electron chi connectivity index (χ1n) is 6.39. The topological polar surface area (TPSA) is 34.1 Å². The first-order valence-corrected chi connectivity index (χ1v) is 6.39. The van der Waals surface area contributed by atoms with Gasteiger partial charge < -0.3 is 0 Å². The summed E-state index contributed by atoms with van der Waals surface area (Å²) in [6.07, 6.45) is 6.47. The summed E-state index contributed by atoms with van der Waals surface area (Å²) in [7, 11) is 0. The first kappa shape index (κ1) is 14.6. The van der Waals surface area contributed by atoms with Crippen LogP contribution in [0.4, 0.5) is 4.39 Å². The van der Waals surface area contributed by atoms with Gasteiger partial charge in [0.2, 0.25) is 0 Å². The number of rotatable bonds is 5. The molecule has 0 saturated carbocycles. The Bertz CT molecular complexity index is 700. The summed E-state index contributed by atoms with van der Waals surface area (Å²) in [6.45, 7) is 0. The quantitative estimate of drug-likeness (QED) is 0.472. The molecule has 21 heavy (non-hydrogen) atoms. The zero-order valence-electron chi connectivity index (χ0n) is 11.2. The zero-order valence-corrected chi connectivity index (χ0v) is 11.2. The van der Waals surface area contributed by atoms with E-state index in [4.69, 9.17) is 0 Å². The van der Waals surface area contributed by atoms with E-state index in [1.165, 1.54) is 24.3 Å². The third kappa shape index (κ3) is 4.08. The van der Waals surface area contributed by atoms with Crippen LogP contribution in [0.1, 0.15) is 21.5 Å². The van der Waals surface area contributed by atoms with Gasteiger partial charge in [0.1, 0.15) is 12.1 Å². The van der Waals surface area contributed by atoms with Crippen LogP contribution in [0.5, 0.6) is 0 Å². The molecular weight excluding hydrogens is 267 g/mol. The van der Waals surface area contributed by atoms with Crippen LogP contribution in [0.15, 0.2) is 60.7 Å². The minimum absolute atomic E-state index is 0.162. The molecule has 0 saturated heterocycles. The molecule has 0 amide bonds. The second-order valence-electron chi connectivity index (χ2n) is 4.33. The Hall–Kier alpha value is -2.81. The molecule has 2 aromatic carbocycles. The van der Waals surface area contributed by atoms with E-state index in [1.807, 2.05) is 6.07 Å². The highest BCUT2D eigenvalue weighted by Gasteiger charge is 2.02. The van der Waals surface area contributed by atoms with Crippen molar-refractivity contribution < 1.29 is 14.0 Å². The monoisotopic (exact) mass is 280 g/mol. The van der Waals surface area contributed by atoms with Gasteiger partial charge in [0.05, 0.1) is 0 Å². The van der Waals surface area contributed by atoms with Crippen LogP contribution in [0, 0.1) is 5.82 Å². The second-order valence-corrected chi connectivity index (χ2v) is 4.33. The predicted molar refractivity (Wildman–Crippen MR) is 81.3 cm³/mol. The lowest BCUT2D eigenvalue weighted by Crippen LogP contribution is -1.93. The van der Waals surface area contributed by atoms with E-state index in [0.717, 1.165) is 0 Å². The van der Waals surface area contributed by atoms with Gasteiger partial charge >= 0.3 is 0 Å². The van der Waals surface area contributed by atoms with E-state index < -0.39 is 5.82 Å². The van der Waals surface area contributed by atoms with E-state index >= 15 is 0 Å². The molecule has 0 bridgehead atoms. The van der Waals surface area contributed by atoms with Gasteiger partial charge in [0.15, 0.2) is 5.78 Å². The molecule has 0 aromatic heterocycles. The maximum Gasteiger partial charge on any atom is 0.185 e. The molecule has 0 aliphatic heterocycles. The number of ketones is 1. The molecule has 3 heteroatoms. The molecule has 0 heterocycles. The van der Waals surface area contributed by atoms with Crippen LogP contribution >= 0.6 is 0 Å². The molecule has 0 unspecified atom stereocenters. The van der Waals surface area contributed by atoms with Crippen LogP contribution in [0.3, 0.4) is 0 Å². The Kier molecular flexibility index (Phi) is 4.94. The molecule has 2 aromatic rings. The van der Waals surface area contributed by atoms with Gasteiger partial charge in [-0.1, -0.05) is 48.6 Å². The Balaban J connectivity index is 2.28. The summed E-state index contributed by atoms with van der Waals surface area (Å²) in [5.41, 5.74) is 1.77. The molecule has 0 aliphatic rings. The minimum atomic E-state index is -0.398. The van der Waals surface area contributed by atoms with Crippen molar-refractivity contribution in [2.45, 2.75) is 0 Å². The molecule has 2 rings (SSSR count). The fourth-order valence-corrected chi connectivity index (χ4v) is 1.85. The number of hydrogen-bond acceptors (Lipinski definition) is 2. The fourth-order valence-electron chi connectivity index (χ4n) is 1.85. The third-order valence-electron chi connectivity index (χ3n) is 2.88. The number of allylic oxidation sites excluding steroid dienone is 2. The molecule has 2 nitrogen and oxygen atoms in total. The molecule has 0 atom stereocenters. The second kappa shape index (κ2) is 7.10. The normalized spacial score (nSPS) is 11.1. The van der Waals surface area contributed by atoms with Crippen molar-refractivity contribution in [3.05, 3.63) is 83.2 Å². The molecule has 104 valence electrons. The van der Waals surface area contributed by atoms with Crippen molar-refractivity contribution in [1.29, 1.82) is 0 Å². The number of carbonyl (C=O) groups excluding carboxylic acids is 2. The van der Waals surface area contributed by atoms with Gasteiger partial charge in [0, 0.05) is 5.56 Å². The van der Waals surface area contributed by atoms with Crippen molar-refractivity contribution in [1.82, 2.24) is 0 Å². The highest BCUT2D eigenvalue weighted by atomic mass is 19.1. The lowest BCUT2D eigenvalue weighted by Gasteiger charge is -2.01. The molecule has 0 fully saturated rings. The Morgan fingerprint density at radius 3 is 2.43 bits per heavy atom. The summed E-state index contributed by atoms with van der Waals surface area (Å²) in [5, 5.41) is 0. The minimum Gasteiger partial charge on any atom is -0.299 e. The predicted octanol–water partition coefficient (Wildman–Crippen LogP) is 3.93. The summed E-state index contributed by atoms with van der Waals surface area (Å²) in [4.78, 5) is 22.3. The molecule has 0 N–H and O–H groups in total. The van der Waals surface area contributed by atoms with Crippen LogP contribution < -0.4 is 0 Å². The lowest BCUT2D eigenvalue weighted by atomic mass is 10.0. The molecular formula is C18H13FO2. The number of carbonyl (C=O) groups is 2. The maximum absolute atomic E-state index is 13.3. The average molecular weight is 280 g/mol. The van der Waals surface area contributed by atoms with Crippen molar-refractivity contribution in [2.75, 3.05) is 0 Å². The highest BCUT2D eigenvalue weighted by molar-refractivity contribution is 6.07. The standard InChI is InChI=1S/C18H13FO2/c19-17-10-8-14(7-4-12-20)16(13-17)9-11-18(21)15-5-2-1-3-6-15/h1-13H/b7-4+,11-9+. The van der Waals surface area contributed by atoms with Crippen molar-refractivity contribution in [3.8, 4) is 0 Å². The summed E-state index contributed by atoms with van der Waals surface area (Å²) in [6, 6.07) is 13.0. The molecule has 0 spiro atoms. The van der Waals surface area contributed by atoms with Gasteiger partial charge in [0.25, 0.3) is 0 Å². The van der Waals surface area contributed by atoms with Gasteiger partial charge in [-0.2, -0.15) is 0 Å². The third-order valence-corrected chi connectivity index (χ3v) is 2.88. The maximum atomic E-state index is 13.3. The SMILES string of the molecule is O=C/C=C/c1ccc(F)cc1/C=C/C(=O)c1ccccc1. The first-order chi connectivity index (χ1) is 10.2. The fraction of sp³-hybridized carbons (Fsp3) is 0. The Morgan fingerprint density at radius 1 is 0.952 bits per heavy atom. The summed E-state index contributed by atoms with van der Waals surface area (Å²) >= 11 is 0. The zero-order chi connectivity index (χ0) is 15.1. The lowest BCUT2D eigenvalue weighted by molar-refractivity contribution is -0.104. The van der Waals surface area contributed by atoms with Crippen LogP contribution in [-0.4, -0.2) is 12.1 Å². The van der Waals surface area contributed by atoms with Crippen LogP contribution in [-0.2, 0) is 4.79 Å². The largest absolute Gasteiger partial charge is 0.299 e.